The molecule has 2 atom stereocenters. The molecule has 0 radical (unpaired) electrons. The minimum atomic E-state index is -1.19. The third-order valence-corrected chi connectivity index (χ3v) is 6.10. The van der Waals surface area contributed by atoms with Gasteiger partial charge in [0.05, 0.1) is 0 Å². The Kier molecular flexibility index (Phi) is 9.73. The Morgan fingerprint density at radius 2 is 1.94 bits per heavy atom. The van der Waals surface area contributed by atoms with Crippen molar-refractivity contribution in [2.24, 2.45) is 5.73 Å². The zero-order valence-corrected chi connectivity index (χ0v) is 17.7. The summed E-state index contributed by atoms with van der Waals surface area (Å²) in [7, 11) is 0. The number of amides is 3. The smallest absolute Gasteiger partial charge is 0.329 e. The first-order valence-corrected chi connectivity index (χ1v) is 10.8. The molecule has 1 aromatic carbocycles. The number of nitrogens with zero attached hydrogens (tertiary/aromatic N) is 1. The van der Waals surface area contributed by atoms with Crippen molar-refractivity contribution in [2.45, 2.75) is 36.3 Å². The number of piperidine rings is 1. The summed E-state index contributed by atoms with van der Waals surface area (Å²) in [6.45, 7) is -0.671. The number of likely N-dealkylation sites (tertiary alicyclic amines) is 1. The van der Waals surface area contributed by atoms with Gasteiger partial charge in [-0.15, -0.1) is 0 Å². The fraction of sp³-hybridized carbons (Fsp3) is 0.500. The summed E-state index contributed by atoms with van der Waals surface area (Å²) in [6, 6.07) is 5.42. The maximum absolute atomic E-state index is 13.1. The fourth-order valence-corrected chi connectivity index (χ4v) is 4.37. The van der Waals surface area contributed by atoms with Gasteiger partial charge in [-0.25, -0.2) is 9.18 Å². The number of aliphatic carboxylic acids is 1. The molecule has 4 N–H and O–H groups in total. The molecule has 9 nitrogen and oxygen atoms in total. The summed E-state index contributed by atoms with van der Waals surface area (Å²) in [4.78, 5) is 48.1. The Labute approximate surface area is 183 Å². The molecular weight excluding hydrogens is 429 g/mol. The van der Waals surface area contributed by atoms with Crippen LogP contribution in [0.15, 0.2) is 24.3 Å². The second kappa shape index (κ2) is 12.3. The molecule has 11 heteroatoms. The standard InChI is InChI=1S/C20H26FN3O6S/c21-14-3-1-13(2-4-14)12-31-15-6-8-24(18(26)10-30-11-19(27)28)16(9-15)20(29)23-7-5-17(22)25/h1-4,15-16H,5-12H2,(H2,22,25)(H,23,29)(H,27,28)/t15-,16+/m1/s1. The first-order valence-electron chi connectivity index (χ1n) is 9.77. The second-order valence-electron chi connectivity index (χ2n) is 7.08. The van der Waals surface area contributed by atoms with E-state index >= 15 is 0 Å². The van der Waals surface area contributed by atoms with E-state index in [4.69, 9.17) is 15.6 Å². The number of carboxylic acids is 1. The van der Waals surface area contributed by atoms with Crippen LogP contribution < -0.4 is 11.1 Å². The number of hydrogen-bond donors (Lipinski definition) is 3. The quantitative estimate of drug-likeness (QED) is 0.442. The Hall–Kier alpha value is -2.66. The van der Waals surface area contributed by atoms with Gasteiger partial charge in [0.2, 0.25) is 17.7 Å². The van der Waals surface area contributed by atoms with E-state index in [1.165, 1.54) is 17.0 Å². The van der Waals surface area contributed by atoms with Gasteiger partial charge in [-0.3, -0.25) is 14.4 Å². The number of carbonyl (C=O) groups is 4. The van der Waals surface area contributed by atoms with Gasteiger partial charge in [0.15, 0.2) is 0 Å². The monoisotopic (exact) mass is 455 g/mol. The normalized spacial score (nSPS) is 18.4. The molecule has 1 aliphatic heterocycles. The van der Waals surface area contributed by atoms with Crippen molar-refractivity contribution in [1.29, 1.82) is 0 Å². The lowest BCUT2D eigenvalue weighted by Gasteiger charge is -2.38. The molecular formula is C20H26FN3O6S. The molecule has 170 valence electrons. The molecule has 3 amide bonds. The molecule has 1 heterocycles. The third kappa shape index (κ3) is 8.54. The number of benzene rings is 1. The number of nitrogens with one attached hydrogen (secondary N) is 1. The van der Waals surface area contributed by atoms with Crippen LogP contribution in [0.4, 0.5) is 4.39 Å². The number of halogens is 1. The topological polar surface area (TPSA) is 139 Å². The van der Waals surface area contributed by atoms with Crippen LogP contribution in [0.2, 0.25) is 0 Å². The fourth-order valence-electron chi connectivity index (χ4n) is 3.16. The molecule has 2 rings (SSSR count). The number of primary amides is 1. The summed E-state index contributed by atoms with van der Waals surface area (Å²) in [6.07, 6.45) is 1.01. The summed E-state index contributed by atoms with van der Waals surface area (Å²) < 4.78 is 17.9. The highest BCUT2D eigenvalue weighted by molar-refractivity contribution is 7.99. The number of carboxylic acid groups (broad SMARTS) is 1. The summed E-state index contributed by atoms with van der Waals surface area (Å²) in [5.74, 6) is -2.29. The molecule has 0 aromatic heterocycles. The van der Waals surface area contributed by atoms with Crippen LogP contribution in [-0.4, -0.2) is 71.3 Å². The number of thioether (sulfide) groups is 1. The predicted molar refractivity (Wildman–Crippen MR) is 111 cm³/mol. The van der Waals surface area contributed by atoms with Gasteiger partial charge in [0.25, 0.3) is 0 Å². The highest BCUT2D eigenvalue weighted by Gasteiger charge is 2.36. The Morgan fingerprint density at radius 3 is 2.58 bits per heavy atom. The van der Waals surface area contributed by atoms with Crippen LogP contribution in [0, 0.1) is 5.82 Å². The van der Waals surface area contributed by atoms with Crippen LogP contribution in [0.25, 0.3) is 0 Å². The van der Waals surface area contributed by atoms with E-state index in [-0.39, 0.29) is 24.0 Å². The molecule has 1 aromatic rings. The predicted octanol–water partition coefficient (Wildman–Crippen LogP) is 0.511. The maximum atomic E-state index is 13.1. The van der Waals surface area contributed by atoms with Crippen molar-refractivity contribution < 1.29 is 33.4 Å². The second-order valence-corrected chi connectivity index (χ2v) is 8.37. The Morgan fingerprint density at radius 1 is 1.23 bits per heavy atom. The minimum Gasteiger partial charge on any atom is -0.480 e. The molecule has 0 aliphatic carbocycles. The van der Waals surface area contributed by atoms with Gasteiger partial charge in [-0.2, -0.15) is 11.8 Å². The highest BCUT2D eigenvalue weighted by atomic mass is 32.2. The van der Waals surface area contributed by atoms with Gasteiger partial charge in [0.1, 0.15) is 25.1 Å². The zero-order valence-electron chi connectivity index (χ0n) is 16.9. The zero-order chi connectivity index (χ0) is 22.8. The van der Waals surface area contributed by atoms with E-state index in [1.54, 1.807) is 23.9 Å². The van der Waals surface area contributed by atoms with Crippen molar-refractivity contribution >= 4 is 35.5 Å². The van der Waals surface area contributed by atoms with Crippen LogP contribution in [-0.2, 0) is 29.7 Å². The van der Waals surface area contributed by atoms with E-state index in [0.717, 1.165) is 5.56 Å². The average molecular weight is 456 g/mol. The van der Waals surface area contributed by atoms with E-state index < -0.39 is 42.9 Å². The van der Waals surface area contributed by atoms with Crippen LogP contribution in [0.3, 0.4) is 0 Å². The molecule has 0 bridgehead atoms. The van der Waals surface area contributed by atoms with Crippen molar-refractivity contribution in [2.75, 3.05) is 26.3 Å². The molecule has 0 saturated carbocycles. The molecule has 1 saturated heterocycles. The number of carbonyl (C=O) groups excluding carboxylic acids is 3. The number of ether oxygens (including phenoxy) is 1. The van der Waals surface area contributed by atoms with E-state index in [9.17, 15) is 23.6 Å². The lowest BCUT2D eigenvalue weighted by Crippen LogP contribution is -2.55. The van der Waals surface area contributed by atoms with E-state index in [1.807, 2.05) is 0 Å². The lowest BCUT2D eigenvalue weighted by atomic mass is 10.0. The molecule has 0 spiro atoms. The first kappa shape index (κ1) is 24.6. The maximum Gasteiger partial charge on any atom is 0.329 e. The van der Waals surface area contributed by atoms with Crippen molar-refractivity contribution in [3.8, 4) is 0 Å². The molecule has 0 unspecified atom stereocenters. The SMILES string of the molecule is NC(=O)CCNC(=O)[C@@H]1C[C@H](SCc2ccc(F)cc2)CCN1C(=O)COCC(=O)O. The Bertz CT molecular complexity index is 792. The van der Waals surface area contributed by atoms with Crippen LogP contribution in [0.1, 0.15) is 24.8 Å². The number of nitrogens with two attached hydrogens (primary N) is 1. The van der Waals surface area contributed by atoms with E-state index in [0.29, 0.717) is 25.1 Å². The van der Waals surface area contributed by atoms with Crippen molar-refractivity contribution in [3.63, 3.8) is 0 Å². The van der Waals surface area contributed by atoms with Crippen molar-refractivity contribution in [1.82, 2.24) is 10.2 Å². The molecule has 1 fully saturated rings. The van der Waals surface area contributed by atoms with E-state index in [2.05, 4.69) is 5.32 Å². The summed E-state index contributed by atoms with van der Waals surface area (Å²) in [5, 5.41) is 11.4. The van der Waals surface area contributed by atoms with Crippen LogP contribution >= 0.6 is 11.8 Å². The third-order valence-electron chi connectivity index (χ3n) is 4.70. The number of rotatable bonds is 11. The number of hydrogen-bond acceptors (Lipinski definition) is 6. The highest BCUT2D eigenvalue weighted by Crippen LogP contribution is 2.30. The lowest BCUT2D eigenvalue weighted by molar-refractivity contribution is -0.150. The van der Waals surface area contributed by atoms with Gasteiger partial charge in [-0.1, -0.05) is 12.1 Å². The van der Waals surface area contributed by atoms with Gasteiger partial charge >= 0.3 is 5.97 Å². The summed E-state index contributed by atoms with van der Waals surface area (Å²) in [5.41, 5.74) is 6.05. The first-order chi connectivity index (χ1) is 14.8. The Balaban J connectivity index is 1.98. The van der Waals surface area contributed by atoms with Gasteiger partial charge in [-0.05, 0) is 30.5 Å². The van der Waals surface area contributed by atoms with Gasteiger partial charge < -0.3 is 25.8 Å². The average Bonchev–Trinajstić information content (AvgIpc) is 2.72. The van der Waals surface area contributed by atoms with Crippen LogP contribution in [0.5, 0.6) is 0 Å². The minimum absolute atomic E-state index is 0.0170. The molecule has 1 aliphatic rings. The van der Waals surface area contributed by atoms with Gasteiger partial charge in [0, 0.05) is 30.5 Å². The largest absolute Gasteiger partial charge is 0.480 e. The van der Waals surface area contributed by atoms with Crippen molar-refractivity contribution in [3.05, 3.63) is 35.6 Å². The molecule has 31 heavy (non-hydrogen) atoms. The summed E-state index contributed by atoms with van der Waals surface area (Å²) >= 11 is 1.62.